The summed E-state index contributed by atoms with van der Waals surface area (Å²) in [5.41, 5.74) is 0.332. The van der Waals surface area contributed by atoms with Crippen molar-refractivity contribution >= 4 is 11.6 Å². The molecule has 0 saturated heterocycles. The molecule has 0 fully saturated rings. The molecule has 0 saturated carbocycles. The van der Waals surface area contributed by atoms with Crippen molar-refractivity contribution in [2.45, 2.75) is 19.8 Å². The molecule has 0 aromatic rings. The summed E-state index contributed by atoms with van der Waals surface area (Å²) in [5.74, 6) is -0.295. The standard InChI is InChI=1S/C9H10O2/c1-7(10)8-5-3-2-4-6-9(8)11/h4-6H,2-3H2,1H3. The lowest BCUT2D eigenvalue weighted by molar-refractivity contribution is -0.118. The van der Waals surface area contributed by atoms with Crippen molar-refractivity contribution < 1.29 is 9.59 Å². The highest BCUT2D eigenvalue weighted by atomic mass is 16.1. The maximum atomic E-state index is 11.1. The molecule has 0 aromatic heterocycles. The molecular weight excluding hydrogens is 140 g/mol. The Hall–Kier alpha value is -1.18. The van der Waals surface area contributed by atoms with Crippen molar-refractivity contribution in [3.8, 4) is 0 Å². The Morgan fingerprint density at radius 3 is 2.82 bits per heavy atom. The van der Waals surface area contributed by atoms with E-state index < -0.39 is 0 Å². The van der Waals surface area contributed by atoms with Crippen molar-refractivity contribution in [2.24, 2.45) is 0 Å². The van der Waals surface area contributed by atoms with Crippen molar-refractivity contribution in [3.05, 3.63) is 23.8 Å². The van der Waals surface area contributed by atoms with Crippen LogP contribution in [0.25, 0.3) is 0 Å². The van der Waals surface area contributed by atoms with E-state index in [1.165, 1.54) is 13.0 Å². The average Bonchev–Trinajstić information content (AvgIpc) is 2.13. The summed E-state index contributed by atoms with van der Waals surface area (Å²) in [5, 5.41) is 0. The van der Waals surface area contributed by atoms with Gasteiger partial charge in [-0.2, -0.15) is 0 Å². The predicted molar refractivity (Wildman–Crippen MR) is 42.1 cm³/mol. The van der Waals surface area contributed by atoms with Crippen LogP contribution in [0.4, 0.5) is 0 Å². The lowest BCUT2D eigenvalue weighted by Gasteiger charge is -1.93. The highest BCUT2D eigenvalue weighted by Crippen LogP contribution is 2.08. The van der Waals surface area contributed by atoms with Gasteiger partial charge in [-0.05, 0) is 25.8 Å². The van der Waals surface area contributed by atoms with Crippen LogP contribution in [0.1, 0.15) is 19.8 Å². The van der Waals surface area contributed by atoms with Gasteiger partial charge in [-0.1, -0.05) is 12.2 Å². The maximum absolute atomic E-state index is 11.1. The molecule has 11 heavy (non-hydrogen) atoms. The summed E-state index contributed by atoms with van der Waals surface area (Å²) in [7, 11) is 0. The predicted octanol–water partition coefficient (Wildman–Crippen LogP) is 1.42. The molecule has 0 radical (unpaired) electrons. The first-order valence-corrected chi connectivity index (χ1v) is 3.64. The molecule has 2 heteroatoms. The van der Waals surface area contributed by atoms with E-state index in [-0.39, 0.29) is 11.6 Å². The molecule has 0 N–H and O–H groups in total. The summed E-state index contributed by atoms with van der Waals surface area (Å²) in [6, 6.07) is 0. The maximum Gasteiger partial charge on any atom is 0.188 e. The Morgan fingerprint density at radius 1 is 1.45 bits per heavy atom. The summed E-state index contributed by atoms with van der Waals surface area (Å²) >= 11 is 0. The minimum absolute atomic E-state index is 0.137. The van der Waals surface area contributed by atoms with Gasteiger partial charge < -0.3 is 0 Å². The zero-order valence-electron chi connectivity index (χ0n) is 6.46. The first-order valence-electron chi connectivity index (χ1n) is 3.64. The molecule has 0 aliphatic heterocycles. The Balaban J connectivity index is 2.91. The zero-order valence-corrected chi connectivity index (χ0v) is 6.46. The van der Waals surface area contributed by atoms with Gasteiger partial charge in [-0.15, -0.1) is 0 Å². The van der Waals surface area contributed by atoms with Crippen LogP contribution in [-0.2, 0) is 9.59 Å². The van der Waals surface area contributed by atoms with Gasteiger partial charge in [0.1, 0.15) is 0 Å². The Morgan fingerprint density at radius 2 is 2.18 bits per heavy atom. The molecule has 58 valence electrons. The lowest BCUT2D eigenvalue weighted by atomic mass is 10.1. The third-order valence-electron chi connectivity index (χ3n) is 1.60. The third-order valence-corrected chi connectivity index (χ3v) is 1.60. The first kappa shape index (κ1) is 7.92. The van der Waals surface area contributed by atoms with Crippen molar-refractivity contribution in [1.29, 1.82) is 0 Å². The molecule has 1 aliphatic carbocycles. The zero-order chi connectivity index (χ0) is 8.27. The van der Waals surface area contributed by atoms with Gasteiger partial charge in [0.25, 0.3) is 0 Å². The van der Waals surface area contributed by atoms with Gasteiger partial charge >= 0.3 is 0 Å². The molecule has 2 nitrogen and oxygen atoms in total. The smallest absolute Gasteiger partial charge is 0.188 e. The quantitative estimate of drug-likeness (QED) is 0.530. The molecule has 1 rings (SSSR count). The third kappa shape index (κ3) is 1.87. The Labute approximate surface area is 65.6 Å². The number of ketones is 2. The SMILES string of the molecule is CC(=O)C1=CCCC=CC1=O. The van der Waals surface area contributed by atoms with E-state index in [4.69, 9.17) is 0 Å². The van der Waals surface area contributed by atoms with Gasteiger partial charge in [0.05, 0.1) is 5.57 Å². The normalized spacial score (nSPS) is 17.5. The fourth-order valence-corrected chi connectivity index (χ4v) is 1.02. The lowest BCUT2D eigenvalue weighted by Crippen LogP contribution is -2.06. The van der Waals surface area contributed by atoms with Gasteiger partial charge in [0, 0.05) is 0 Å². The van der Waals surface area contributed by atoms with Crippen LogP contribution in [-0.4, -0.2) is 11.6 Å². The fourth-order valence-electron chi connectivity index (χ4n) is 1.02. The van der Waals surface area contributed by atoms with Crippen LogP contribution in [0.2, 0.25) is 0 Å². The second kappa shape index (κ2) is 3.28. The number of hydrogen-bond donors (Lipinski definition) is 0. The van der Waals surface area contributed by atoms with E-state index in [9.17, 15) is 9.59 Å². The molecule has 0 bridgehead atoms. The van der Waals surface area contributed by atoms with E-state index in [2.05, 4.69) is 0 Å². The van der Waals surface area contributed by atoms with E-state index in [1.54, 1.807) is 12.2 Å². The molecule has 1 aliphatic rings. The van der Waals surface area contributed by atoms with Crippen LogP contribution < -0.4 is 0 Å². The van der Waals surface area contributed by atoms with E-state index in [1.807, 2.05) is 0 Å². The van der Waals surface area contributed by atoms with E-state index in [0.29, 0.717) is 5.57 Å². The molecular formula is C9H10O2. The molecule has 0 atom stereocenters. The average molecular weight is 150 g/mol. The second-order valence-corrected chi connectivity index (χ2v) is 2.52. The summed E-state index contributed by atoms with van der Waals surface area (Å²) in [6.07, 6.45) is 6.62. The highest BCUT2D eigenvalue weighted by Gasteiger charge is 2.11. The van der Waals surface area contributed by atoms with Crippen LogP contribution in [0, 0.1) is 0 Å². The minimum atomic E-state index is -0.157. The first-order chi connectivity index (χ1) is 5.22. The van der Waals surface area contributed by atoms with Crippen molar-refractivity contribution in [2.75, 3.05) is 0 Å². The molecule has 0 spiro atoms. The topological polar surface area (TPSA) is 34.1 Å². The number of carbonyl (C=O) groups is 2. The van der Waals surface area contributed by atoms with E-state index in [0.717, 1.165) is 12.8 Å². The number of hydrogen-bond acceptors (Lipinski definition) is 2. The number of rotatable bonds is 1. The number of Topliss-reactive ketones (excluding diaryl/α,β-unsaturated/α-hetero) is 1. The summed E-state index contributed by atoms with van der Waals surface area (Å²) in [4.78, 5) is 21.9. The fraction of sp³-hybridized carbons (Fsp3) is 0.333. The second-order valence-electron chi connectivity index (χ2n) is 2.52. The van der Waals surface area contributed by atoms with E-state index >= 15 is 0 Å². The Bertz CT molecular complexity index is 246. The summed E-state index contributed by atoms with van der Waals surface area (Å²) < 4.78 is 0. The summed E-state index contributed by atoms with van der Waals surface area (Å²) in [6.45, 7) is 1.42. The molecule has 0 aromatic carbocycles. The molecule has 0 unspecified atom stereocenters. The van der Waals surface area contributed by atoms with Crippen molar-refractivity contribution in [3.63, 3.8) is 0 Å². The van der Waals surface area contributed by atoms with Crippen LogP contribution in [0.15, 0.2) is 23.8 Å². The van der Waals surface area contributed by atoms with Gasteiger partial charge in [-0.3, -0.25) is 9.59 Å². The number of carbonyl (C=O) groups excluding carboxylic acids is 2. The molecule has 0 heterocycles. The number of allylic oxidation sites excluding steroid dienone is 4. The highest BCUT2D eigenvalue weighted by molar-refractivity contribution is 6.23. The monoisotopic (exact) mass is 150 g/mol. The van der Waals surface area contributed by atoms with Crippen LogP contribution in [0.3, 0.4) is 0 Å². The van der Waals surface area contributed by atoms with Crippen LogP contribution in [0.5, 0.6) is 0 Å². The Kier molecular flexibility index (Phi) is 2.36. The van der Waals surface area contributed by atoms with Crippen molar-refractivity contribution in [1.82, 2.24) is 0 Å². The van der Waals surface area contributed by atoms with Gasteiger partial charge in [0.2, 0.25) is 0 Å². The minimum Gasteiger partial charge on any atom is -0.294 e. The molecule has 0 amide bonds. The van der Waals surface area contributed by atoms with Crippen LogP contribution >= 0.6 is 0 Å². The largest absolute Gasteiger partial charge is 0.294 e. The van der Waals surface area contributed by atoms with Gasteiger partial charge in [0.15, 0.2) is 11.6 Å². The van der Waals surface area contributed by atoms with Gasteiger partial charge in [-0.25, -0.2) is 0 Å².